The predicted octanol–water partition coefficient (Wildman–Crippen LogP) is -1.46. The molecule has 0 radical (unpaired) electrons. The lowest BCUT2D eigenvalue weighted by Gasteiger charge is -2.02. The molecule has 0 aromatic carbocycles. The van der Waals surface area contributed by atoms with E-state index in [0.717, 1.165) is 6.42 Å². The Morgan fingerprint density at radius 3 is 2.54 bits per heavy atom. The topological polar surface area (TPSA) is 104 Å². The molecule has 0 rings (SSSR count). The molecule has 0 saturated heterocycles. The summed E-state index contributed by atoms with van der Waals surface area (Å²) in [6.07, 6.45) is 1.49. The quantitative estimate of drug-likeness (QED) is 0.383. The number of hydrogen-bond donors (Lipinski definition) is 4. The van der Waals surface area contributed by atoms with Crippen LogP contribution in [-0.2, 0) is 4.79 Å². The van der Waals surface area contributed by atoms with Gasteiger partial charge in [0, 0.05) is 6.61 Å². The second kappa shape index (κ2) is 7.51. The normalized spacial score (nSPS) is 9.62. The standard InChI is InChI=1S/C7H15N3O3/c8-7(13)10-6(12)5-9-3-1-2-4-11/h9,11H,1-5H2,(H3,8,10,12,13). The minimum atomic E-state index is -0.845. The van der Waals surface area contributed by atoms with E-state index in [9.17, 15) is 9.59 Å². The van der Waals surface area contributed by atoms with Crippen LogP contribution in [0, 0.1) is 0 Å². The Balaban J connectivity index is 3.22. The summed E-state index contributed by atoms with van der Waals surface area (Å²) in [5.74, 6) is -0.448. The Morgan fingerprint density at radius 1 is 1.31 bits per heavy atom. The van der Waals surface area contributed by atoms with Gasteiger partial charge in [-0.15, -0.1) is 0 Å². The van der Waals surface area contributed by atoms with Crippen molar-refractivity contribution in [3.05, 3.63) is 0 Å². The zero-order valence-electron chi connectivity index (χ0n) is 7.38. The minimum Gasteiger partial charge on any atom is -0.396 e. The number of carbonyl (C=O) groups excluding carboxylic acids is 2. The Hall–Kier alpha value is -1.14. The fourth-order valence-corrected chi connectivity index (χ4v) is 0.745. The number of amides is 3. The molecule has 0 aliphatic rings. The van der Waals surface area contributed by atoms with Gasteiger partial charge in [-0.1, -0.05) is 0 Å². The summed E-state index contributed by atoms with van der Waals surface area (Å²) in [5, 5.41) is 13.1. The van der Waals surface area contributed by atoms with Gasteiger partial charge in [-0.2, -0.15) is 0 Å². The zero-order chi connectivity index (χ0) is 10.1. The molecular weight excluding hydrogens is 174 g/mol. The SMILES string of the molecule is NC(=O)NC(=O)CNCCCCO. The molecular formula is C7H15N3O3. The van der Waals surface area contributed by atoms with Gasteiger partial charge >= 0.3 is 6.03 Å². The molecule has 3 amide bonds. The number of urea groups is 1. The molecule has 76 valence electrons. The average molecular weight is 189 g/mol. The van der Waals surface area contributed by atoms with Crippen molar-refractivity contribution in [2.24, 2.45) is 5.73 Å². The molecule has 0 fully saturated rings. The van der Waals surface area contributed by atoms with Crippen molar-refractivity contribution in [2.45, 2.75) is 12.8 Å². The van der Waals surface area contributed by atoms with Crippen LogP contribution in [0.5, 0.6) is 0 Å². The molecule has 0 atom stereocenters. The van der Waals surface area contributed by atoms with Crippen molar-refractivity contribution < 1.29 is 14.7 Å². The van der Waals surface area contributed by atoms with E-state index < -0.39 is 11.9 Å². The van der Waals surface area contributed by atoms with Gasteiger partial charge in [0.15, 0.2) is 0 Å². The third-order valence-corrected chi connectivity index (χ3v) is 1.31. The van der Waals surface area contributed by atoms with E-state index in [0.29, 0.717) is 13.0 Å². The molecule has 5 N–H and O–H groups in total. The number of hydrogen-bond acceptors (Lipinski definition) is 4. The highest BCUT2D eigenvalue weighted by Gasteiger charge is 2.01. The van der Waals surface area contributed by atoms with E-state index in [1.54, 1.807) is 0 Å². The first kappa shape index (κ1) is 11.9. The maximum absolute atomic E-state index is 10.8. The second-order valence-electron chi connectivity index (χ2n) is 2.52. The van der Waals surface area contributed by atoms with Gasteiger partial charge < -0.3 is 16.2 Å². The molecule has 0 aliphatic carbocycles. The molecule has 0 spiro atoms. The maximum atomic E-state index is 10.8. The summed E-state index contributed by atoms with van der Waals surface area (Å²) in [6.45, 7) is 0.844. The third-order valence-electron chi connectivity index (χ3n) is 1.31. The summed E-state index contributed by atoms with van der Waals surface area (Å²) in [4.78, 5) is 20.9. The lowest BCUT2D eigenvalue weighted by atomic mass is 10.3. The first-order valence-electron chi connectivity index (χ1n) is 4.07. The van der Waals surface area contributed by atoms with Gasteiger partial charge in [0.05, 0.1) is 6.54 Å². The van der Waals surface area contributed by atoms with Crippen molar-refractivity contribution in [1.82, 2.24) is 10.6 Å². The van der Waals surface area contributed by atoms with Crippen molar-refractivity contribution in [2.75, 3.05) is 19.7 Å². The van der Waals surface area contributed by atoms with Gasteiger partial charge in [-0.3, -0.25) is 10.1 Å². The Morgan fingerprint density at radius 2 is 2.00 bits per heavy atom. The fraction of sp³-hybridized carbons (Fsp3) is 0.714. The van der Waals surface area contributed by atoms with Crippen molar-refractivity contribution in [3.8, 4) is 0 Å². The van der Waals surface area contributed by atoms with Crippen LogP contribution in [0.2, 0.25) is 0 Å². The highest BCUT2D eigenvalue weighted by molar-refractivity contribution is 5.94. The largest absolute Gasteiger partial charge is 0.396 e. The predicted molar refractivity (Wildman–Crippen MR) is 46.9 cm³/mol. The number of rotatable bonds is 6. The van der Waals surface area contributed by atoms with Crippen molar-refractivity contribution in [3.63, 3.8) is 0 Å². The van der Waals surface area contributed by atoms with Gasteiger partial charge in [-0.05, 0) is 19.4 Å². The molecule has 0 bridgehead atoms. The van der Waals surface area contributed by atoms with Gasteiger partial charge in [0.25, 0.3) is 0 Å². The molecule has 0 saturated carbocycles. The number of nitrogens with two attached hydrogens (primary N) is 1. The molecule has 0 aromatic rings. The van der Waals surface area contributed by atoms with Crippen LogP contribution in [0.4, 0.5) is 4.79 Å². The first-order chi connectivity index (χ1) is 6.16. The van der Waals surface area contributed by atoms with Crippen LogP contribution in [0.25, 0.3) is 0 Å². The number of nitrogens with one attached hydrogen (secondary N) is 2. The molecule has 13 heavy (non-hydrogen) atoms. The summed E-state index contributed by atoms with van der Waals surface area (Å²) in [7, 11) is 0. The highest BCUT2D eigenvalue weighted by atomic mass is 16.3. The van der Waals surface area contributed by atoms with Crippen LogP contribution in [0.15, 0.2) is 0 Å². The Bertz CT molecular complexity index is 172. The number of carbonyl (C=O) groups is 2. The molecule has 6 heteroatoms. The maximum Gasteiger partial charge on any atom is 0.318 e. The summed E-state index contributed by atoms with van der Waals surface area (Å²) in [5.41, 5.74) is 4.71. The molecule has 6 nitrogen and oxygen atoms in total. The van der Waals surface area contributed by atoms with Crippen LogP contribution in [0.3, 0.4) is 0 Å². The minimum absolute atomic E-state index is 0.0639. The summed E-state index contributed by atoms with van der Waals surface area (Å²) in [6, 6.07) is -0.845. The van der Waals surface area contributed by atoms with Crippen LogP contribution >= 0.6 is 0 Å². The second-order valence-corrected chi connectivity index (χ2v) is 2.52. The average Bonchev–Trinajstić information content (AvgIpc) is 2.02. The van der Waals surface area contributed by atoms with Gasteiger partial charge in [-0.25, -0.2) is 4.79 Å². The van der Waals surface area contributed by atoms with E-state index in [1.807, 2.05) is 5.32 Å². The number of aliphatic hydroxyl groups excluding tert-OH is 1. The van der Waals surface area contributed by atoms with Crippen molar-refractivity contribution >= 4 is 11.9 Å². The summed E-state index contributed by atoms with van der Waals surface area (Å²) < 4.78 is 0. The van der Waals surface area contributed by atoms with Crippen molar-refractivity contribution in [1.29, 1.82) is 0 Å². The Labute approximate surface area is 76.5 Å². The lowest BCUT2D eigenvalue weighted by Crippen LogP contribution is -2.40. The zero-order valence-corrected chi connectivity index (χ0v) is 7.38. The van der Waals surface area contributed by atoms with Gasteiger partial charge in [0.2, 0.25) is 5.91 Å². The first-order valence-corrected chi connectivity index (χ1v) is 4.07. The van der Waals surface area contributed by atoms with E-state index in [-0.39, 0.29) is 13.2 Å². The fourth-order valence-electron chi connectivity index (χ4n) is 0.745. The molecule has 0 unspecified atom stereocenters. The molecule has 0 heterocycles. The van der Waals surface area contributed by atoms with E-state index >= 15 is 0 Å². The van der Waals surface area contributed by atoms with Crippen LogP contribution in [0.1, 0.15) is 12.8 Å². The monoisotopic (exact) mass is 189 g/mol. The van der Waals surface area contributed by atoms with Crippen LogP contribution < -0.4 is 16.4 Å². The third kappa shape index (κ3) is 8.77. The smallest absolute Gasteiger partial charge is 0.318 e. The van der Waals surface area contributed by atoms with Crippen LogP contribution in [-0.4, -0.2) is 36.7 Å². The number of imide groups is 1. The molecule has 0 aromatic heterocycles. The lowest BCUT2D eigenvalue weighted by molar-refractivity contribution is -0.119. The van der Waals surface area contributed by atoms with E-state index in [4.69, 9.17) is 10.8 Å². The number of unbranched alkanes of at least 4 members (excludes halogenated alkanes) is 1. The Kier molecular flexibility index (Phi) is 6.85. The van der Waals surface area contributed by atoms with Gasteiger partial charge in [0.1, 0.15) is 0 Å². The summed E-state index contributed by atoms with van der Waals surface area (Å²) >= 11 is 0. The highest BCUT2D eigenvalue weighted by Crippen LogP contribution is 1.82. The van der Waals surface area contributed by atoms with E-state index in [2.05, 4.69) is 5.32 Å². The molecule has 0 aliphatic heterocycles. The number of aliphatic hydroxyl groups is 1. The van der Waals surface area contributed by atoms with E-state index in [1.165, 1.54) is 0 Å². The number of primary amides is 1.